The van der Waals surface area contributed by atoms with E-state index in [-0.39, 0.29) is 18.5 Å². The van der Waals surface area contributed by atoms with Crippen molar-refractivity contribution in [2.75, 3.05) is 18.5 Å². The van der Waals surface area contributed by atoms with E-state index in [1.807, 2.05) is 0 Å². The van der Waals surface area contributed by atoms with E-state index in [0.717, 1.165) is 0 Å². The molecule has 0 bridgehead atoms. The van der Waals surface area contributed by atoms with Crippen LogP contribution in [0.2, 0.25) is 0 Å². The fourth-order valence-electron chi connectivity index (χ4n) is 2.04. The fourth-order valence-corrected chi connectivity index (χ4v) is 2.04. The van der Waals surface area contributed by atoms with Crippen LogP contribution in [0.5, 0.6) is 0 Å². The number of amides is 1. The first kappa shape index (κ1) is 15.3. The molecule has 0 aliphatic carbocycles. The largest absolute Gasteiger partial charge is 0.478 e. The number of carboxylic acid groups (broad SMARTS) is 1. The third-order valence-electron chi connectivity index (χ3n) is 3.38. The standard InChI is InChI=1S/C13H14F2N2O4/c14-8-5-7(11(18)19)10(6-9(8)15)17-12(20)13(16)1-3-21-4-2-13/h5-6H,1-4,16H2,(H,17,20)(H,18,19). The Morgan fingerprint density at radius 1 is 1.24 bits per heavy atom. The number of nitrogens with one attached hydrogen (secondary N) is 1. The highest BCUT2D eigenvalue weighted by Gasteiger charge is 2.36. The van der Waals surface area contributed by atoms with Crippen molar-refractivity contribution in [1.82, 2.24) is 0 Å². The molecule has 0 radical (unpaired) electrons. The number of nitrogens with two attached hydrogens (primary N) is 1. The molecule has 0 atom stereocenters. The minimum atomic E-state index is -1.48. The predicted octanol–water partition coefficient (Wildman–Crippen LogP) is 1.11. The summed E-state index contributed by atoms with van der Waals surface area (Å²) in [5.74, 6) is -4.70. The van der Waals surface area contributed by atoms with Gasteiger partial charge in [0.1, 0.15) is 5.54 Å². The second kappa shape index (κ2) is 5.74. The van der Waals surface area contributed by atoms with E-state index in [1.54, 1.807) is 0 Å². The molecular formula is C13H14F2N2O4. The van der Waals surface area contributed by atoms with Gasteiger partial charge >= 0.3 is 5.97 Å². The lowest BCUT2D eigenvalue weighted by molar-refractivity contribution is -0.124. The molecule has 0 spiro atoms. The Labute approximate surface area is 118 Å². The SMILES string of the molecule is NC1(C(=O)Nc2cc(F)c(F)cc2C(=O)O)CCOCC1. The first-order valence-corrected chi connectivity index (χ1v) is 6.24. The molecule has 0 aromatic heterocycles. The van der Waals surface area contributed by atoms with Crippen LogP contribution in [-0.2, 0) is 9.53 Å². The molecule has 1 amide bonds. The van der Waals surface area contributed by atoms with Gasteiger partial charge in [-0.15, -0.1) is 0 Å². The van der Waals surface area contributed by atoms with E-state index < -0.39 is 34.6 Å². The second-order valence-corrected chi connectivity index (χ2v) is 4.84. The van der Waals surface area contributed by atoms with Gasteiger partial charge in [0.25, 0.3) is 0 Å². The van der Waals surface area contributed by atoms with Gasteiger partial charge in [0.05, 0.1) is 11.3 Å². The number of ether oxygens (including phenoxy) is 1. The summed E-state index contributed by atoms with van der Waals surface area (Å²) in [5, 5.41) is 11.2. The van der Waals surface area contributed by atoms with Gasteiger partial charge in [-0.05, 0) is 18.9 Å². The topological polar surface area (TPSA) is 102 Å². The van der Waals surface area contributed by atoms with Gasteiger partial charge in [0, 0.05) is 19.3 Å². The van der Waals surface area contributed by atoms with Gasteiger partial charge in [-0.3, -0.25) is 4.79 Å². The molecule has 1 aliphatic heterocycles. The highest BCUT2D eigenvalue weighted by molar-refractivity contribution is 6.03. The minimum absolute atomic E-state index is 0.255. The van der Waals surface area contributed by atoms with Crippen LogP contribution in [0.4, 0.5) is 14.5 Å². The van der Waals surface area contributed by atoms with E-state index in [2.05, 4.69) is 5.32 Å². The Bertz CT molecular complexity index is 586. The van der Waals surface area contributed by atoms with Gasteiger partial charge in [-0.25, -0.2) is 13.6 Å². The average Bonchev–Trinajstić information content (AvgIpc) is 2.43. The molecule has 1 aliphatic rings. The zero-order valence-electron chi connectivity index (χ0n) is 11.0. The van der Waals surface area contributed by atoms with Gasteiger partial charge in [0.2, 0.25) is 5.91 Å². The molecule has 6 nitrogen and oxygen atoms in total. The number of aromatic carboxylic acids is 1. The minimum Gasteiger partial charge on any atom is -0.478 e. The maximum absolute atomic E-state index is 13.2. The van der Waals surface area contributed by atoms with Crippen LogP contribution in [0, 0.1) is 11.6 Å². The fraction of sp³-hybridized carbons (Fsp3) is 0.385. The van der Waals surface area contributed by atoms with Crippen LogP contribution in [0.3, 0.4) is 0 Å². The predicted molar refractivity (Wildman–Crippen MR) is 68.9 cm³/mol. The van der Waals surface area contributed by atoms with Crippen molar-refractivity contribution in [2.45, 2.75) is 18.4 Å². The molecule has 0 unspecified atom stereocenters. The van der Waals surface area contributed by atoms with Crippen LogP contribution in [0.1, 0.15) is 23.2 Å². The quantitative estimate of drug-likeness (QED) is 0.776. The van der Waals surface area contributed by atoms with Crippen molar-refractivity contribution in [3.05, 3.63) is 29.3 Å². The van der Waals surface area contributed by atoms with Crippen molar-refractivity contribution >= 4 is 17.6 Å². The number of halogens is 2. The van der Waals surface area contributed by atoms with E-state index in [1.165, 1.54) is 0 Å². The molecule has 8 heteroatoms. The molecule has 1 aromatic rings. The molecule has 1 fully saturated rings. The Kier molecular flexibility index (Phi) is 4.19. The highest BCUT2D eigenvalue weighted by atomic mass is 19.2. The van der Waals surface area contributed by atoms with Crippen molar-refractivity contribution in [2.24, 2.45) is 5.73 Å². The summed E-state index contributed by atoms with van der Waals surface area (Å²) < 4.78 is 31.4. The lowest BCUT2D eigenvalue weighted by Crippen LogP contribution is -2.54. The van der Waals surface area contributed by atoms with E-state index in [9.17, 15) is 18.4 Å². The third-order valence-corrected chi connectivity index (χ3v) is 3.38. The first-order valence-electron chi connectivity index (χ1n) is 6.24. The molecule has 0 saturated carbocycles. The van der Waals surface area contributed by atoms with Crippen LogP contribution in [-0.4, -0.2) is 35.7 Å². The lowest BCUT2D eigenvalue weighted by Gasteiger charge is -2.31. The summed E-state index contributed by atoms with van der Waals surface area (Å²) >= 11 is 0. The summed E-state index contributed by atoms with van der Waals surface area (Å²) in [5.41, 5.74) is 3.84. The van der Waals surface area contributed by atoms with Gasteiger partial charge in [-0.1, -0.05) is 0 Å². The number of carboxylic acids is 1. The van der Waals surface area contributed by atoms with E-state index in [4.69, 9.17) is 15.6 Å². The van der Waals surface area contributed by atoms with Crippen LogP contribution >= 0.6 is 0 Å². The second-order valence-electron chi connectivity index (χ2n) is 4.84. The van der Waals surface area contributed by atoms with E-state index >= 15 is 0 Å². The maximum Gasteiger partial charge on any atom is 0.337 e. The molecule has 2 rings (SSSR count). The van der Waals surface area contributed by atoms with Crippen molar-refractivity contribution in [3.63, 3.8) is 0 Å². The molecule has 1 saturated heterocycles. The van der Waals surface area contributed by atoms with Crippen LogP contribution in [0.25, 0.3) is 0 Å². The summed E-state index contributed by atoms with van der Waals surface area (Å²) in [6.07, 6.45) is 0.510. The summed E-state index contributed by atoms with van der Waals surface area (Å²) in [6, 6.07) is 1.14. The monoisotopic (exact) mass is 300 g/mol. The Balaban J connectivity index is 2.28. The number of benzene rings is 1. The summed E-state index contributed by atoms with van der Waals surface area (Å²) in [7, 11) is 0. The number of rotatable bonds is 3. The van der Waals surface area contributed by atoms with Crippen molar-refractivity contribution in [1.29, 1.82) is 0 Å². The molecule has 114 valence electrons. The average molecular weight is 300 g/mol. The molecule has 21 heavy (non-hydrogen) atoms. The lowest BCUT2D eigenvalue weighted by atomic mass is 9.90. The number of hydrogen-bond acceptors (Lipinski definition) is 4. The van der Waals surface area contributed by atoms with Crippen LogP contribution in [0.15, 0.2) is 12.1 Å². The molecule has 1 aromatic carbocycles. The summed E-state index contributed by atoms with van der Waals surface area (Å²) in [6.45, 7) is 0.598. The number of carbonyl (C=O) groups excluding carboxylic acids is 1. The molecule has 4 N–H and O–H groups in total. The van der Waals surface area contributed by atoms with Crippen molar-refractivity contribution < 1.29 is 28.2 Å². The highest BCUT2D eigenvalue weighted by Crippen LogP contribution is 2.24. The number of carbonyl (C=O) groups is 2. The zero-order valence-corrected chi connectivity index (χ0v) is 11.0. The van der Waals surface area contributed by atoms with Gasteiger partial charge < -0.3 is 20.9 Å². The van der Waals surface area contributed by atoms with Gasteiger partial charge in [-0.2, -0.15) is 0 Å². The van der Waals surface area contributed by atoms with Gasteiger partial charge in [0.15, 0.2) is 11.6 Å². The molecular weight excluding hydrogens is 286 g/mol. The smallest absolute Gasteiger partial charge is 0.337 e. The number of hydrogen-bond donors (Lipinski definition) is 3. The summed E-state index contributed by atoms with van der Waals surface area (Å²) in [4.78, 5) is 23.2. The zero-order chi connectivity index (χ0) is 15.6. The Hall–Kier alpha value is -2.06. The Morgan fingerprint density at radius 3 is 2.38 bits per heavy atom. The van der Waals surface area contributed by atoms with E-state index in [0.29, 0.717) is 25.3 Å². The molecule has 1 heterocycles. The van der Waals surface area contributed by atoms with Crippen molar-refractivity contribution in [3.8, 4) is 0 Å². The first-order chi connectivity index (χ1) is 9.83. The normalized spacial score (nSPS) is 17.3. The van der Waals surface area contributed by atoms with Crippen LogP contribution < -0.4 is 11.1 Å². The number of anilines is 1. The third kappa shape index (κ3) is 3.17. The maximum atomic E-state index is 13.2. The Morgan fingerprint density at radius 2 is 1.81 bits per heavy atom.